The van der Waals surface area contributed by atoms with Crippen LogP contribution in [0.1, 0.15) is 6.42 Å². The predicted molar refractivity (Wildman–Crippen MR) is 86.1 cm³/mol. The summed E-state index contributed by atoms with van der Waals surface area (Å²) < 4.78 is 1.22. The molecule has 4 heteroatoms. The lowest BCUT2D eigenvalue weighted by atomic mass is 10.2. The lowest BCUT2D eigenvalue weighted by Crippen LogP contribution is -2.16. The molecule has 0 aliphatic heterocycles. The van der Waals surface area contributed by atoms with E-state index < -0.39 is 0 Å². The fourth-order valence-electron chi connectivity index (χ4n) is 1.89. The van der Waals surface area contributed by atoms with Crippen LogP contribution in [0.2, 0.25) is 0 Å². The van der Waals surface area contributed by atoms with Crippen molar-refractivity contribution in [1.29, 1.82) is 0 Å². The van der Waals surface area contributed by atoms with E-state index in [4.69, 9.17) is 0 Å². The zero-order valence-electron chi connectivity index (χ0n) is 10.8. The summed E-state index contributed by atoms with van der Waals surface area (Å²) in [6, 6.07) is 8.42. The highest BCUT2D eigenvalue weighted by Crippen LogP contribution is 2.23. The Bertz CT molecular complexity index is 525. The van der Waals surface area contributed by atoms with E-state index in [1.165, 1.54) is 14.6 Å². The second-order valence-electron chi connectivity index (χ2n) is 4.60. The van der Waals surface area contributed by atoms with Gasteiger partial charge in [-0.25, -0.2) is 0 Å². The van der Waals surface area contributed by atoms with Crippen LogP contribution in [-0.4, -0.2) is 37.1 Å². The molecule has 0 aliphatic carbocycles. The Kier molecular flexibility index (Phi) is 4.77. The van der Waals surface area contributed by atoms with Crippen molar-refractivity contribution in [3.63, 3.8) is 0 Å². The van der Waals surface area contributed by atoms with E-state index in [1.807, 2.05) is 12.3 Å². The molecule has 96 valence electrons. The number of pyridine rings is 1. The average Bonchev–Trinajstić information content (AvgIpc) is 2.34. The number of hydrogen-bond acceptors (Lipinski definition) is 3. The summed E-state index contributed by atoms with van der Waals surface area (Å²) >= 11 is 2.32. The summed E-state index contributed by atoms with van der Waals surface area (Å²) in [7, 11) is 4.20. The molecule has 18 heavy (non-hydrogen) atoms. The maximum absolute atomic E-state index is 4.41. The molecule has 1 aromatic heterocycles. The van der Waals surface area contributed by atoms with Crippen molar-refractivity contribution >= 4 is 39.2 Å². The molecule has 0 fully saturated rings. The monoisotopic (exact) mass is 353 g/mol. The third kappa shape index (κ3) is 3.55. The van der Waals surface area contributed by atoms with E-state index in [9.17, 15) is 0 Å². The zero-order valence-corrected chi connectivity index (χ0v) is 12.9. The third-order valence-electron chi connectivity index (χ3n) is 2.80. The van der Waals surface area contributed by atoms with E-state index in [0.717, 1.165) is 25.0 Å². The van der Waals surface area contributed by atoms with Crippen molar-refractivity contribution in [1.82, 2.24) is 9.88 Å². The van der Waals surface area contributed by atoms with Crippen LogP contribution in [0.4, 0.5) is 5.69 Å². The molecule has 0 saturated carbocycles. The third-order valence-corrected chi connectivity index (χ3v) is 3.47. The van der Waals surface area contributed by atoms with Gasteiger partial charge in [-0.3, -0.25) is 4.98 Å². The summed E-state index contributed by atoms with van der Waals surface area (Å²) in [5.41, 5.74) is 2.23. The molecule has 1 heterocycles. The van der Waals surface area contributed by atoms with Crippen molar-refractivity contribution in [3.05, 3.63) is 34.0 Å². The van der Waals surface area contributed by atoms with Gasteiger partial charge >= 0.3 is 0 Å². The Hall–Kier alpha value is -0.880. The van der Waals surface area contributed by atoms with Crippen LogP contribution >= 0.6 is 22.6 Å². The highest BCUT2D eigenvalue weighted by Gasteiger charge is 2.01. The van der Waals surface area contributed by atoms with Gasteiger partial charge in [0.05, 0.1) is 5.52 Å². The number of fused-ring (bicyclic) bond motifs is 1. The van der Waals surface area contributed by atoms with E-state index >= 15 is 0 Å². The Morgan fingerprint density at radius 3 is 2.89 bits per heavy atom. The molecule has 0 saturated heterocycles. The van der Waals surface area contributed by atoms with Crippen LogP contribution < -0.4 is 5.32 Å². The number of nitrogens with zero attached hydrogens (tertiary/aromatic N) is 2. The molecule has 1 N–H and O–H groups in total. The van der Waals surface area contributed by atoms with Gasteiger partial charge in [0.2, 0.25) is 0 Å². The van der Waals surface area contributed by atoms with Crippen LogP contribution in [0.5, 0.6) is 0 Å². The highest BCUT2D eigenvalue weighted by molar-refractivity contribution is 14.1. The van der Waals surface area contributed by atoms with Gasteiger partial charge in [0, 0.05) is 27.4 Å². The van der Waals surface area contributed by atoms with Crippen molar-refractivity contribution in [2.24, 2.45) is 0 Å². The quantitative estimate of drug-likeness (QED) is 0.661. The van der Waals surface area contributed by atoms with Crippen LogP contribution in [0, 0.1) is 3.57 Å². The number of anilines is 1. The van der Waals surface area contributed by atoms with Gasteiger partial charge < -0.3 is 10.2 Å². The molecular weight excluding hydrogens is 335 g/mol. The molecule has 0 spiro atoms. The van der Waals surface area contributed by atoms with Gasteiger partial charge in [0.15, 0.2) is 0 Å². The van der Waals surface area contributed by atoms with E-state index in [0.29, 0.717) is 0 Å². The van der Waals surface area contributed by atoms with Gasteiger partial charge in [0.25, 0.3) is 0 Å². The normalized spacial score (nSPS) is 11.1. The van der Waals surface area contributed by atoms with E-state index in [1.54, 1.807) is 0 Å². The molecule has 1 aromatic carbocycles. The Labute approximate surface area is 122 Å². The smallest absolute Gasteiger partial charge is 0.0733 e. The van der Waals surface area contributed by atoms with Crippen molar-refractivity contribution in [3.8, 4) is 0 Å². The molecule has 3 nitrogen and oxygen atoms in total. The topological polar surface area (TPSA) is 28.2 Å². The minimum absolute atomic E-state index is 0.989. The number of rotatable bonds is 5. The van der Waals surface area contributed by atoms with Gasteiger partial charge in [0.1, 0.15) is 0 Å². The number of halogens is 1. The molecule has 0 amide bonds. The van der Waals surface area contributed by atoms with Gasteiger partial charge in [-0.05, 0) is 73.9 Å². The number of hydrogen-bond donors (Lipinski definition) is 1. The maximum atomic E-state index is 4.41. The van der Waals surface area contributed by atoms with Gasteiger partial charge in [-0.2, -0.15) is 0 Å². The first-order valence-electron chi connectivity index (χ1n) is 6.10. The van der Waals surface area contributed by atoms with E-state index in [-0.39, 0.29) is 0 Å². The fraction of sp³-hybridized carbons (Fsp3) is 0.357. The Morgan fingerprint density at radius 2 is 2.11 bits per heavy atom. The lowest BCUT2D eigenvalue weighted by molar-refractivity contribution is 0.405. The van der Waals surface area contributed by atoms with Crippen LogP contribution in [-0.2, 0) is 0 Å². The van der Waals surface area contributed by atoms with Gasteiger partial charge in [-0.15, -0.1) is 0 Å². The first-order valence-corrected chi connectivity index (χ1v) is 7.17. The summed E-state index contributed by atoms with van der Waals surface area (Å²) in [5, 5.41) is 4.69. The van der Waals surface area contributed by atoms with Crippen LogP contribution in [0.25, 0.3) is 10.9 Å². The zero-order chi connectivity index (χ0) is 13.0. The molecule has 0 radical (unpaired) electrons. The molecule has 0 bridgehead atoms. The highest BCUT2D eigenvalue weighted by atomic mass is 125. The van der Waals surface area contributed by atoms with Crippen LogP contribution in [0.15, 0.2) is 30.5 Å². The van der Waals surface area contributed by atoms with Crippen molar-refractivity contribution < 1.29 is 0 Å². The molecule has 2 rings (SSSR count). The Balaban J connectivity index is 2.08. The standard InChI is InChI=1S/C14H18IN3/c1-18(2)9-3-7-16-13-6-8-17-14-10-11(15)4-5-12(13)14/h4-6,8,10H,3,7,9H2,1-2H3,(H,16,17)/i15-2. The summed E-state index contributed by atoms with van der Waals surface area (Å²) in [6.45, 7) is 2.09. The summed E-state index contributed by atoms with van der Waals surface area (Å²) in [5.74, 6) is 0. The van der Waals surface area contributed by atoms with Crippen molar-refractivity contribution in [2.75, 3.05) is 32.5 Å². The van der Waals surface area contributed by atoms with Crippen molar-refractivity contribution in [2.45, 2.75) is 6.42 Å². The second-order valence-corrected chi connectivity index (χ2v) is 5.85. The number of aromatic nitrogens is 1. The second kappa shape index (κ2) is 6.33. The number of benzene rings is 1. The predicted octanol–water partition coefficient (Wildman–Crippen LogP) is 3.20. The summed E-state index contributed by atoms with van der Waals surface area (Å²) in [6.07, 6.45) is 3.01. The first kappa shape index (κ1) is 13.5. The number of nitrogens with one attached hydrogen (secondary N) is 1. The maximum Gasteiger partial charge on any atom is 0.0733 e. The minimum Gasteiger partial charge on any atom is -0.384 e. The SMILES string of the molecule is CN(C)CCCNc1ccnc2cc([125I])ccc12. The Morgan fingerprint density at radius 1 is 1.28 bits per heavy atom. The molecule has 0 unspecified atom stereocenters. The van der Waals surface area contributed by atoms with E-state index in [2.05, 4.69) is 70.1 Å². The molecular formula is C14H18IN3. The first-order chi connectivity index (χ1) is 8.66. The molecule has 0 aliphatic rings. The van der Waals surface area contributed by atoms with Crippen LogP contribution in [0.3, 0.4) is 0 Å². The largest absolute Gasteiger partial charge is 0.384 e. The average molecular weight is 353 g/mol. The lowest BCUT2D eigenvalue weighted by Gasteiger charge is -2.12. The fourth-order valence-corrected chi connectivity index (χ4v) is 2.37. The molecule has 2 aromatic rings. The summed E-state index contributed by atoms with van der Waals surface area (Å²) in [4.78, 5) is 6.61. The molecule has 0 atom stereocenters. The van der Waals surface area contributed by atoms with Gasteiger partial charge in [-0.1, -0.05) is 0 Å². The minimum atomic E-state index is 0.989.